The van der Waals surface area contributed by atoms with Crippen molar-refractivity contribution in [3.05, 3.63) is 39.9 Å². The Hall–Kier alpha value is -1.46. The Kier molecular flexibility index (Phi) is 4.50. The molecule has 1 aromatic rings. The molecule has 19 heavy (non-hydrogen) atoms. The molecule has 0 radical (unpaired) electrons. The van der Waals surface area contributed by atoms with Crippen LogP contribution in [0.4, 0.5) is 5.69 Å². The molecule has 5 heteroatoms. The van der Waals surface area contributed by atoms with Gasteiger partial charge in [-0.05, 0) is 11.5 Å². The zero-order valence-corrected chi connectivity index (χ0v) is 11.5. The molecular formula is C14H21N3O2. The Morgan fingerprint density at radius 1 is 1.32 bits per heavy atom. The van der Waals surface area contributed by atoms with Gasteiger partial charge in [-0.2, -0.15) is 0 Å². The second-order valence-electron chi connectivity index (χ2n) is 5.33. The predicted octanol–water partition coefficient (Wildman–Crippen LogP) is 2.20. The molecule has 0 bridgehead atoms. The minimum atomic E-state index is -0.321. The molecule has 1 heterocycles. The lowest BCUT2D eigenvalue weighted by molar-refractivity contribution is -0.385. The summed E-state index contributed by atoms with van der Waals surface area (Å²) in [5.41, 5.74) is 1.23. The third-order valence-corrected chi connectivity index (χ3v) is 3.60. The Balaban J connectivity index is 2.27. The van der Waals surface area contributed by atoms with Gasteiger partial charge < -0.3 is 5.32 Å². The number of nitro groups is 1. The van der Waals surface area contributed by atoms with Gasteiger partial charge in [-0.25, -0.2) is 0 Å². The fourth-order valence-corrected chi connectivity index (χ4v) is 2.80. The Bertz CT molecular complexity index is 442. The van der Waals surface area contributed by atoms with Crippen LogP contribution in [0, 0.1) is 16.0 Å². The van der Waals surface area contributed by atoms with Crippen molar-refractivity contribution in [3.8, 4) is 0 Å². The van der Waals surface area contributed by atoms with Crippen LogP contribution in [0.1, 0.15) is 25.5 Å². The van der Waals surface area contributed by atoms with E-state index in [1.807, 2.05) is 6.07 Å². The van der Waals surface area contributed by atoms with E-state index >= 15 is 0 Å². The zero-order chi connectivity index (χ0) is 13.8. The maximum absolute atomic E-state index is 10.9. The summed E-state index contributed by atoms with van der Waals surface area (Å²) in [6, 6.07) is 7.30. The van der Waals surface area contributed by atoms with E-state index in [-0.39, 0.29) is 16.7 Å². The van der Waals surface area contributed by atoms with E-state index in [9.17, 15) is 10.1 Å². The summed E-state index contributed by atoms with van der Waals surface area (Å²) in [5.74, 6) is 0.431. The van der Waals surface area contributed by atoms with Gasteiger partial charge in [-0.3, -0.25) is 15.0 Å². The molecule has 104 valence electrons. The number of nitrogens with zero attached hydrogens (tertiary/aromatic N) is 2. The van der Waals surface area contributed by atoms with Gasteiger partial charge >= 0.3 is 0 Å². The molecule has 1 fully saturated rings. The maximum atomic E-state index is 10.9. The minimum Gasteiger partial charge on any atom is -0.314 e. The zero-order valence-electron chi connectivity index (χ0n) is 11.5. The van der Waals surface area contributed by atoms with Crippen molar-refractivity contribution in [2.45, 2.75) is 19.9 Å². The molecule has 1 saturated heterocycles. The number of hydrogen-bond donors (Lipinski definition) is 1. The molecule has 2 rings (SSSR count). The van der Waals surface area contributed by atoms with Gasteiger partial charge in [-0.1, -0.05) is 26.0 Å². The van der Waals surface area contributed by atoms with Gasteiger partial charge in [0.1, 0.15) is 0 Å². The first-order valence-corrected chi connectivity index (χ1v) is 6.78. The maximum Gasteiger partial charge on any atom is 0.269 e. The molecule has 0 aromatic heterocycles. The third-order valence-electron chi connectivity index (χ3n) is 3.60. The first kappa shape index (κ1) is 14.0. The van der Waals surface area contributed by atoms with E-state index in [2.05, 4.69) is 24.1 Å². The van der Waals surface area contributed by atoms with Crippen LogP contribution in [-0.2, 0) is 0 Å². The molecule has 0 amide bonds. The summed E-state index contributed by atoms with van der Waals surface area (Å²) in [6.45, 7) is 8.30. The Morgan fingerprint density at radius 3 is 2.58 bits per heavy atom. The van der Waals surface area contributed by atoms with Gasteiger partial charge in [0.15, 0.2) is 0 Å². The lowest BCUT2D eigenvalue weighted by atomic mass is 9.93. The van der Waals surface area contributed by atoms with E-state index in [1.54, 1.807) is 18.2 Å². The summed E-state index contributed by atoms with van der Waals surface area (Å²) in [4.78, 5) is 13.0. The third kappa shape index (κ3) is 3.30. The fourth-order valence-electron chi connectivity index (χ4n) is 2.80. The molecule has 1 aliphatic rings. The van der Waals surface area contributed by atoms with Gasteiger partial charge in [-0.15, -0.1) is 0 Å². The average Bonchev–Trinajstić information content (AvgIpc) is 2.40. The number of hydrogen-bond acceptors (Lipinski definition) is 4. The van der Waals surface area contributed by atoms with Crippen LogP contribution in [0.25, 0.3) is 0 Å². The Morgan fingerprint density at radius 2 is 2.00 bits per heavy atom. The van der Waals surface area contributed by atoms with E-state index in [0.29, 0.717) is 5.92 Å². The van der Waals surface area contributed by atoms with Gasteiger partial charge in [0.05, 0.1) is 4.92 Å². The molecule has 0 aliphatic carbocycles. The molecule has 5 nitrogen and oxygen atoms in total. The van der Waals surface area contributed by atoms with Crippen molar-refractivity contribution in [2.24, 2.45) is 5.92 Å². The van der Waals surface area contributed by atoms with E-state index in [1.165, 1.54) is 0 Å². The van der Waals surface area contributed by atoms with Crippen LogP contribution in [0.3, 0.4) is 0 Å². The highest BCUT2D eigenvalue weighted by molar-refractivity contribution is 5.36. The monoisotopic (exact) mass is 263 g/mol. The van der Waals surface area contributed by atoms with Crippen LogP contribution < -0.4 is 5.32 Å². The summed E-state index contributed by atoms with van der Waals surface area (Å²) in [7, 11) is 0. The molecule has 1 atom stereocenters. The van der Waals surface area contributed by atoms with Crippen LogP contribution in [0.2, 0.25) is 0 Å². The molecule has 0 spiro atoms. The van der Waals surface area contributed by atoms with Crippen LogP contribution in [0.15, 0.2) is 24.3 Å². The van der Waals surface area contributed by atoms with Gasteiger partial charge in [0.25, 0.3) is 5.69 Å². The largest absolute Gasteiger partial charge is 0.314 e. The molecule has 1 aromatic carbocycles. The predicted molar refractivity (Wildman–Crippen MR) is 75.1 cm³/mol. The molecular weight excluding hydrogens is 242 g/mol. The quantitative estimate of drug-likeness (QED) is 0.668. The SMILES string of the molecule is CC(C)C(c1cccc([N+](=O)[O-])c1)N1CCNCC1. The fraction of sp³-hybridized carbons (Fsp3) is 0.571. The van der Waals surface area contributed by atoms with Gasteiger partial charge in [0, 0.05) is 44.4 Å². The van der Waals surface area contributed by atoms with Crippen molar-refractivity contribution in [3.63, 3.8) is 0 Å². The van der Waals surface area contributed by atoms with Gasteiger partial charge in [0.2, 0.25) is 0 Å². The lowest BCUT2D eigenvalue weighted by Crippen LogP contribution is -2.46. The summed E-state index contributed by atoms with van der Waals surface area (Å²) in [5, 5.41) is 14.2. The number of rotatable bonds is 4. The van der Waals surface area contributed by atoms with Crippen molar-refractivity contribution in [1.29, 1.82) is 0 Å². The second-order valence-corrected chi connectivity index (χ2v) is 5.33. The van der Waals surface area contributed by atoms with E-state index < -0.39 is 0 Å². The Labute approximate surface area is 113 Å². The number of non-ortho nitro benzene ring substituents is 1. The molecule has 1 aliphatic heterocycles. The van der Waals surface area contributed by atoms with E-state index in [4.69, 9.17) is 0 Å². The van der Waals surface area contributed by atoms with Crippen LogP contribution in [-0.4, -0.2) is 36.0 Å². The number of benzene rings is 1. The summed E-state index contributed by atoms with van der Waals surface area (Å²) < 4.78 is 0. The summed E-state index contributed by atoms with van der Waals surface area (Å²) >= 11 is 0. The first-order valence-electron chi connectivity index (χ1n) is 6.78. The van der Waals surface area contributed by atoms with Crippen LogP contribution >= 0.6 is 0 Å². The van der Waals surface area contributed by atoms with Crippen molar-refractivity contribution in [2.75, 3.05) is 26.2 Å². The second kappa shape index (κ2) is 6.12. The average molecular weight is 263 g/mol. The van der Waals surface area contributed by atoms with Crippen LogP contribution in [0.5, 0.6) is 0 Å². The lowest BCUT2D eigenvalue weighted by Gasteiger charge is -2.37. The molecule has 1 unspecified atom stereocenters. The minimum absolute atomic E-state index is 0.179. The topological polar surface area (TPSA) is 58.4 Å². The van der Waals surface area contributed by atoms with E-state index in [0.717, 1.165) is 31.7 Å². The van der Waals surface area contributed by atoms with Crippen molar-refractivity contribution >= 4 is 5.69 Å². The highest BCUT2D eigenvalue weighted by Crippen LogP contribution is 2.30. The standard InChI is InChI=1S/C14H21N3O2/c1-11(2)14(16-8-6-15-7-9-16)12-4-3-5-13(10-12)17(18)19/h3-5,10-11,14-15H,6-9H2,1-2H3. The normalized spacial score (nSPS) is 18.5. The highest BCUT2D eigenvalue weighted by Gasteiger charge is 2.25. The number of nitrogens with one attached hydrogen (secondary N) is 1. The summed E-state index contributed by atoms with van der Waals surface area (Å²) in [6.07, 6.45) is 0. The highest BCUT2D eigenvalue weighted by atomic mass is 16.6. The smallest absolute Gasteiger partial charge is 0.269 e. The number of nitro benzene ring substituents is 1. The van der Waals surface area contributed by atoms with Crippen molar-refractivity contribution in [1.82, 2.24) is 10.2 Å². The molecule has 1 N–H and O–H groups in total. The first-order chi connectivity index (χ1) is 9.09. The number of piperazine rings is 1. The van der Waals surface area contributed by atoms with Crippen molar-refractivity contribution < 1.29 is 4.92 Å². The molecule has 0 saturated carbocycles.